The molecule has 0 aliphatic carbocycles. The van der Waals surface area contributed by atoms with E-state index in [-0.39, 0.29) is 6.03 Å². The normalized spacial score (nSPS) is 14.8. The Bertz CT molecular complexity index is 481. The van der Waals surface area contributed by atoms with Gasteiger partial charge in [0.15, 0.2) is 0 Å². The third kappa shape index (κ3) is 2.72. The van der Waals surface area contributed by atoms with Crippen LogP contribution in [0.2, 0.25) is 0 Å². The number of urea groups is 1. The van der Waals surface area contributed by atoms with E-state index in [1.54, 1.807) is 41.1 Å². The molecule has 2 amide bonds. The second-order valence-electron chi connectivity index (χ2n) is 4.18. The molecule has 0 atom stereocenters. The average Bonchev–Trinajstić information content (AvgIpc) is 2.71. The molecule has 1 aromatic carbocycles. The Morgan fingerprint density at radius 2 is 2.28 bits per heavy atom. The summed E-state index contributed by atoms with van der Waals surface area (Å²) >= 11 is 0. The Morgan fingerprint density at radius 1 is 1.44 bits per heavy atom. The Morgan fingerprint density at radius 3 is 2.94 bits per heavy atom. The number of rotatable bonds is 4. The number of likely N-dealkylation sites (N-methyl/N-ethyl adjacent to an activating group) is 1. The molecule has 1 aromatic rings. The quantitative estimate of drug-likeness (QED) is 0.803. The maximum absolute atomic E-state index is 11.6. The van der Waals surface area contributed by atoms with Gasteiger partial charge in [-0.3, -0.25) is 0 Å². The first kappa shape index (κ1) is 12.2. The molecule has 5 heteroatoms. The average molecular weight is 245 g/mol. The summed E-state index contributed by atoms with van der Waals surface area (Å²) in [6, 6.07) is 9.11. The molecular formula is C13H15N3O2. The number of amides is 2. The van der Waals surface area contributed by atoms with Crippen molar-refractivity contribution < 1.29 is 9.53 Å². The number of nitrogens with zero attached hydrogens (tertiary/aromatic N) is 3. The fraction of sp³-hybridized carbons (Fsp3) is 0.385. The molecule has 0 radical (unpaired) electrons. The zero-order valence-electron chi connectivity index (χ0n) is 10.3. The van der Waals surface area contributed by atoms with Crippen molar-refractivity contribution in [3.63, 3.8) is 0 Å². The number of hydrogen-bond acceptors (Lipinski definition) is 3. The van der Waals surface area contributed by atoms with Crippen molar-refractivity contribution in [1.82, 2.24) is 9.80 Å². The van der Waals surface area contributed by atoms with Gasteiger partial charge in [-0.15, -0.1) is 0 Å². The van der Waals surface area contributed by atoms with Gasteiger partial charge in [-0.1, -0.05) is 6.07 Å². The lowest BCUT2D eigenvalue weighted by atomic mass is 10.2. The Labute approximate surface area is 106 Å². The van der Waals surface area contributed by atoms with Gasteiger partial charge in [0, 0.05) is 20.1 Å². The van der Waals surface area contributed by atoms with E-state index in [0.29, 0.717) is 24.5 Å². The van der Waals surface area contributed by atoms with E-state index < -0.39 is 0 Å². The van der Waals surface area contributed by atoms with Gasteiger partial charge in [0.25, 0.3) is 0 Å². The Kier molecular flexibility index (Phi) is 3.68. The van der Waals surface area contributed by atoms with Gasteiger partial charge in [-0.25, -0.2) is 4.79 Å². The van der Waals surface area contributed by atoms with E-state index in [1.165, 1.54) is 0 Å². The first-order valence-electron chi connectivity index (χ1n) is 5.84. The van der Waals surface area contributed by atoms with Crippen LogP contribution in [0.5, 0.6) is 5.75 Å². The van der Waals surface area contributed by atoms with E-state index in [2.05, 4.69) is 6.07 Å². The molecule has 18 heavy (non-hydrogen) atoms. The second-order valence-corrected chi connectivity index (χ2v) is 4.18. The second kappa shape index (κ2) is 5.41. The van der Waals surface area contributed by atoms with E-state index in [4.69, 9.17) is 10.00 Å². The molecule has 1 aliphatic heterocycles. The molecule has 0 aromatic heterocycles. The predicted molar refractivity (Wildman–Crippen MR) is 66.3 cm³/mol. The van der Waals surface area contributed by atoms with Crippen molar-refractivity contribution in [1.29, 1.82) is 5.26 Å². The minimum atomic E-state index is 0.0457. The van der Waals surface area contributed by atoms with Gasteiger partial charge in [-0.05, 0) is 18.2 Å². The summed E-state index contributed by atoms with van der Waals surface area (Å²) in [5.41, 5.74) is 0.574. The van der Waals surface area contributed by atoms with Crippen molar-refractivity contribution in [2.45, 2.75) is 0 Å². The van der Waals surface area contributed by atoms with Crippen LogP contribution in [0.15, 0.2) is 24.3 Å². The Hall–Kier alpha value is -2.22. The largest absolute Gasteiger partial charge is 0.492 e. The number of nitriles is 1. The zero-order chi connectivity index (χ0) is 13.0. The minimum Gasteiger partial charge on any atom is -0.492 e. The van der Waals surface area contributed by atoms with Crippen molar-refractivity contribution in [3.8, 4) is 11.8 Å². The molecule has 0 unspecified atom stereocenters. The first-order valence-corrected chi connectivity index (χ1v) is 5.84. The molecule has 0 saturated carbocycles. The van der Waals surface area contributed by atoms with Crippen molar-refractivity contribution in [2.75, 3.05) is 33.3 Å². The molecular weight excluding hydrogens is 230 g/mol. The third-order valence-electron chi connectivity index (χ3n) is 2.90. The molecule has 0 spiro atoms. The lowest BCUT2D eigenvalue weighted by molar-refractivity contribution is 0.188. The van der Waals surface area contributed by atoms with E-state index in [0.717, 1.165) is 13.1 Å². The first-order chi connectivity index (χ1) is 8.70. The molecule has 1 heterocycles. The Balaban J connectivity index is 1.82. The summed E-state index contributed by atoms with van der Waals surface area (Å²) in [6.07, 6.45) is 0. The number of benzene rings is 1. The van der Waals surface area contributed by atoms with Crippen LogP contribution < -0.4 is 4.74 Å². The van der Waals surface area contributed by atoms with Gasteiger partial charge in [0.1, 0.15) is 12.4 Å². The van der Waals surface area contributed by atoms with E-state index in [9.17, 15) is 4.79 Å². The van der Waals surface area contributed by atoms with Crippen LogP contribution in [-0.2, 0) is 0 Å². The summed E-state index contributed by atoms with van der Waals surface area (Å²) in [5, 5.41) is 8.76. The summed E-state index contributed by atoms with van der Waals surface area (Å²) in [5.74, 6) is 0.661. The molecule has 2 rings (SSSR count). The summed E-state index contributed by atoms with van der Waals surface area (Å²) in [7, 11) is 1.79. The number of ether oxygens (including phenoxy) is 1. The highest BCUT2D eigenvalue weighted by molar-refractivity contribution is 5.76. The third-order valence-corrected chi connectivity index (χ3v) is 2.90. The van der Waals surface area contributed by atoms with Crippen LogP contribution >= 0.6 is 0 Å². The van der Waals surface area contributed by atoms with E-state index in [1.807, 2.05) is 0 Å². The fourth-order valence-electron chi connectivity index (χ4n) is 1.84. The molecule has 1 aliphatic rings. The van der Waals surface area contributed by atoms with Gasteiger partial charge in [-0.2, -0.15) is 5.26 Å². The van der Waals surface area contributed by atoms with Crippen molar-refractivity contribution in [2.24, 2.45) is 0 Å². The maximum Gasteiger partial charge on any atom is 0.319 e. The smallest absolute Gasteiger partial charge is 0.319 e. The van der Waals surface area contributed by atoms with Crippen LogP contribution in [0.4, 0.5) is 4.79 Å². The fourth-order valence-corrected chi connectivity index (χ4v) is 1.84. The van der Waals surface area contributed by atoms with Crippen LogP contribution in [0.3, 0.4) is 0 Å². The predicted octanol–water partition coefficient (Wildman–Crippen LogP) is 1.30. The van der Waals surface area contributed by atoms with E-state index >= 15 is 0 Å². The standard InChI is InChI=1S/C13H15N3O2/c1-15-5-6-16(13(15)17)7-8-18-12-4-2-3-11(9-12)10-14/h2-4,9H,5-8H2,1H3. The van der Waals surface area contributed by atoms with Gasteiger partial charge >= 0.3 is 6.03 Å². The molecule has 5 nitrogen and oxygen atoms in total. The van der Waals surface area contributed by atoms with Gasteiger partial charge in [0.2, 0.25) is 0 Å². The summed E-state index contributed by atoms with van der Waals surface area (Å²) < 4.78 is 5.53. The highest BCUT2D eigenvalue weighted by Crippen LogP contribution is 2.13. The molecule has 0 N–H and O–H groups in total. The lowest BCUT2D eigenvalue weighted by Gasteiger charge is -2.16. The summed E-state index contributed by atoms with van der Waals surface area (Å²) in [6.45, 7) is 2.52. The minimum absolute atomic E-state index is 0.0457. The molecule has 0 bridgehead atoms. The number of carbonyl (C=O) groups excluding carboxylic acids is 1. The van der Waals surface area contributed by atoms with Gasteiger partial charge < -0.3 is 14.5 Å². The van der Waals surface area contributed by atoms with Crippen LogP contribution in [0.25, 0.3) is 0 Å². The molecule has 1 saturated heterocycles. The van der Waals surface area contributed by atoms with Crippen LogP contribution in [0.1, 0.15) is 5.56 Å². The monoisotopic (exact) mass is 245 g/mol. The molecule has 1 fully saturated rings. The van der Waals surface area contributed by atoms with Crippen molar-refractivity contribution >= 4 is 6.03 Å². The highest BCUT2D eigenvalue weighted by Gasteiger charge is 2.24. The highest BCUT2D eigenvalue weighted by atomic mass is 16.5. The topological polar surface area (TPSA) is 56.6 Å². The lowest BCUT2D eigenvalue weighted by Crippen LogP contribution is -2.32. The summed E-state index contributed by atoms with van der Waals surface area (Å²) in [4.78, 5) is 15.1. The molecule has 94 valence electrons. The number of hydrogen-bond donors (Lipinski definition) is 0. The van der Waals surface area contributed by atoms with Crippen LogP contribution in [0, 0.1) is 11.3 Å². The van der Waals surface area contributed by atoms with Crippen LogP contribution in [-0.4, -0.2) is 49.1 Å². The zero-order valence-corrected chi connectivity index (χ0v) is 10.3. The number of carbonyl (C=O) groups is 1. The van der Waals surface area contributed by atoms with Crippen molar-refractivity contribution in [3.05, 3.63) is 29.8 Å². The SMILES string of the molecule is CN1CCN(CCOc2cccc(C#N)c2)C1=O. The maximum atomic E-state index is 11.6. The van der Waals surface area contributed by atoms with Gasteiger partial charge in [0.05, 0.1) is 18.2 Å².